The molecule has 0 saturated heterocycles. The molecule has 0 aliphatic rings. The van der Waals surface area contributed by atoms with E-state index in [-0.39, 0.29) is 19.7 Å². The summed E-state index contributed by atoms with van der Waals surface area (Å²) in [5, 5.41) is 2.75. The highest BCUT2D eigenvalue weighted by molar-refractivity contribution is 7.88. The number of amides is 2. The van der Waals surface area contributed by atoms with Crippen molar-refractivity contribution >= 4 is 21.8 Å². The Labute approximate surface area is 188 Å². The van der Waals surface area contributed by atoms with Crippen LogP contribution in [0.25, 0.3) is 0 Å². The van der Waals surface area contributed by atoms with Gasteiger partial charge in [0.1, 0.15) is 11.9 Å². The first-order valence-corrected chi connectivity index (χ1v) is 11.7. The number of hydrogen-bond acceptors (Lipinski definition) is 5. The second-order valence-corrected chi connectivity index (χ2v) is 9.35. The van der Waals surface area contributed by atoms with Gasteiger partial charge in [-0.15, -0.1) is 0 Å². The van der Waals surface area contributed by atoms with Crippen LogP contribution in [0.5, 0.6) is 0 Å². The molecule has 1 atom stereocenters. The molecule has 2 aromatic carbocycles. The van der Waals surface area contributed by atoms with Crippen molar-refractivity contribution in [1.29, 1.82) is 0 Å². The lowest BCUT2D eigenvalue weighted by Gasteiger charge is -2.32. The number of rotatable bonds is 11. The largest absolute Gasteiger partial charge is 0.383 e. The Kier molecular flexibility index (Phi) is 9.30. The third-order valence-electron chi connectivity index (χ3n) is 4.79. The smallest absolute Gasteiger partial charge is 0.247 e. The van der Waals surface area contributed by atoms with E-state index in [9.17, 15) is 22.4 Å². The molecule has 8 nitrogen and oxygen atoms in total. The predicted octanol–water partition coefficient (Wildman–Crippen LogP) is 1.55. The van der Waals surface area contributed by atoms with Gasteiger partial charge in [0, 0.05) is 27.2 Å². The molecule has 0 fully saturated rings. The molecule has 0 aromatic heterocycles. The molecule has 2 amide bonds. The van der Waals surface area contributed by atoms with E-state index in [0.29, 0.717) is 11.1 Å². The molecule has 174 valence electrons. The second-order valence-electron chi connectivity index (χ2n) is 7.26. The Bertz CT molecular complexity index is 1000. The maximum absolute atomic E-state index is 13.4. The van der Waals surface area contributed by atoms with E-state index in [1.54, 1.807) is 30.3 Å². The van der Waals surface area contributed by atoms with Crippen molar-refractivity contribution in [2.24, 2.45) is 0 Å². The molecule has 32 heavy (non-hydrogen) atoms. The van der Waals surface area contributed by atoms with Crippen LogP contribution in [0, 0.1) is 5.82 Å². The Hall–Kier alpha value is -2.82. The number of nitrogens with one attached hydrogen (secondary N) is 1. The zero-order valence-electron chi connectivity index (χ0n) is 18.3. The SMILES string of the molecule is COCCNC(=O)[C@H](c1ccccc1)N(Cc1ccc(F)cc1)C(=O)CN(C)S(C)(=O)=O. The van der Waals surface area contributed by atoms with E-state index in [4.69, 9.17) is 4.74 Å². The van der Waals surface area contributed by atoms with Crippen LogP contribution in [-0.2, 0) is 30.9 Å². The number of nitrogens with zero attached hydrogens (tertiary/aromatic N) is 2. The highest BCUT2D eigenvalue weighted by Crippen LogP contribution is 2.24. The quantitative estimate of drug-likeness (QED) is 0.508. The van der Waals surface area contributed by atoms with E-state index >= 15 is 0 Å². The molecule has 0 radical (unpaired) electrons. The number of likely N-dealkylation sites (N-methyl/N-ethyl adjacent to an activating group) is 1. The number of sulfonamides is 1. The summed E-state index contributed by atoms with van der Waals surface area (Å²) in [6.45, 7) is 0.0547. The summed E-state index contributed by atoms with van der Waals surface area (Å²) in [6, 6.07) is 13.2. The number of benzene rings is 2. The fourth-order valence-corrected chi connectivity index (χ4v) is 3.33. The van der Waals surface area contributed by atoms with Crippen LogP contribution < -0.4 is 5.32 Å². The number of methoxy groups -OCH3 is 1. The average molecular weight is 466 g/mol. The van der Waals surface area contributed by atoms with Crippen LogP contribution in [0.1, 0.15) is 17.2 Å². The van der Waals surface area contributed by atoms with Gasteiger partial charge in [0.15, 0.2) is 0 Å². The second kappa shape index (κ2) is 11.7. The normalized spacial score (nSPS) is 12.4. The van der Waals surface area contributed by atoms with E-state index in [1.807, 2.05) is 0 Å². The van der Waals surface area contributed by atoms with Gasteiger partial charge in [-0.25, -0.2) is 12.8 Å². The summed E-state index contributed by atoms with van der Waals surface area (Å²) in [6.07, 6.45) is 0.997. The third-order valence-corrected chi connectivity index (χ3v) is 6.05. The number of carbonyl (C=O) groups is 2. The molecule has 2 rings (SSSR count). The van der Waals surface area contributed by atoms with Crippen LogP contribution >= 0.6 is 0 Å². The van der Waals surface area contributed by atoms with E-state index < -0.39 is 40.2 Å². The molecular formula is C22H28FN3O5S. The maximum atomic E-state index is 13.4. The van der Waals surface area contributed by atoms with Gasteiger partial charge in [-0.2, -0.15) is 4.31 Å². The monoisotopic (exact) mass is 465 g/mol. The number of hydrogen-bond donors (Lipinski definition) is 1. The summed E-state index contributed by atoms with van der Waals surface area (Å²) >= 11 is 0. The van der Waals surface area contributed by atoms with Crippen molar-refractivity contribution in [1.82, 2.24) is 14.5 Å². The molecule has 0 unspecified atom stereocenters. The van der Waals surface area contributed by atoms with Gasteiger partial charge in [-0.3, -0.25) is 9.59 Å². The lowest BCUT2D eigenvalue weighted by molar-refractivity contribution is -0.141. The summed E-state index contributed by atoms with van der Waals surface area (Å²) in [5.74, 6) is -1.44. The van der Waals surface area contributed by atoms with Gasteiger partial charge in [-0.1, -0.05) is 42.5 Å². The third kappa shape index (κ3) is 7.40. The fourth-order valence-electron chi connectivity index (χ4n) is 2.99. The van der Waals surface area contributed by atoms with Crippen LogP contribution in [0.15, 0.2) is 54.6 Å². The summed E-state index contributed by atoms with van der Waals surface area (Å²) in [5.41, 5.74) is 1.15. The summed E-state index contributed by atoms with van der Waals surface area (Å²) < 4.78 is 43.0. The Morgan fingerprint density at radius 2 is 1.72 bits per heavy atom. The van der Waals surface area contributed by atoms with Crippen LogP contribution in [0.3, 0.4) is 0 Å². The molecule has 0 heterocycles. The van der Waals surface area contributed by atoms with Crippen molar-refractivity contribution in [2.45, 2.75) is 12.6 Å². The minimum absolute atomic E-state index is 0.0199. The van der Waals surface area contributed by atoms with Crippen molar-refractivity contribution < 1.29 is 27.1 Å². The predicted molar refractivity (Wildman–Crippen MR) is 118 cm³/mol. The Balaban J connectivity index is 2.45. The molecule has 0 spiro atoms. The van der Waals surface area contributed by atoms with Crippen LogP contribution in [0.4, 0.5) is 4.39 Å². The van der Waals surface area contributed by atoms with Gasteiger partial charge in [-0.05, 0) is 23.3 Å². The molecule has 0 aliphatic carbocycles. The average Bonchev–Trinajstić information content (AvgIpc) is 2.75. The lowest BCUT2D eigenvalue weighted by atomic mass is 10.0. The maximum Gasteiger partial charge on any atom is 0.247 e. The van der Waals surface area contributed by atoms with Crippen molar-refractivity contribution in [2.75, 3.05) is 40.1 Å². The lowest BCUT2D eigenvalue weighted by Crippen LogP contribution is -2.47. The number of halogens is 1. The van der Waals surface area contributed by atoms with Crippen molar-refractivity contribution in [3.05, 3.63) is 71.5 Å². The molecular weight excluding hydrogens is 437 g/mol. The molecule has 0 aliphatic heterocycles. The molecule has 2 aromatic rings. The van der Waals surface area contributed by atoms with Crippen LogP contribution in [0.2, 0.25) is 0 Å². The van der Waals surface area contributed by atoms with E-state index in [1.165, 1.54) is 43.3 Å². The van der Waals surface area contributed by atoms with Crippen molar-refractivity contribution in [3.8, 4) is 0 Å². The highest BCUT2D eigenvalue weighted by Gasteiger charge is 2.32. The first-order valence-electron chi connectivity index (χ1n) is 9.90. The van der Waals surface area contributed by atoms with Gasteiger partial charge >= 0.3 is 0 Å². The van der Waals surface area contributed by atoms with Gasteiger partial charge in [0.25, 0.3) is 0 Å². The standard InChI is InChI=1S/C22H28FN3O5S/c1-25(32(3,29)30)16-20(27)26(15-17-9-11-19(23)12-10-17)21(18-7-5-4-6-8-18)22(28)24-13-14-31-2/h4-12,21H,13-16H2,1-3H3,(H,24,28)/t21-/m0/s1. The van der Waals surface area contributed by atoms with Crippen LogP contribution in [-0.4, -0.2) is 69.5 Å². The Morgan fingerprint density at radius 1 is 1.09 bits per heavy atom. The van der Waals surface area contributed by atoms with Gasteiger partial charge < -0.3 is 15.0 Å². The topological polar surface area (TPSA) is 96.0 Å². The fraction of sp³-hybridized carbons (Fsp3) is 0.364. The summed E-state index contributed by atoms with van der Waals surface area (Å²) in [4.78, 5) is 27.7. The van der Waals surface area contributed by atoms with E-state index in [2.05, 4.69) is 5.32 Å². The Morgan fingerprint density at radius 3 is 2.28 bits per heavy atom. The molecule has 0 bridgehead atoms. The zero-order valence-corrected chi connectivity index (χ0v) is 19.1. The van der Waals surface area contributed by atoms with Gasteiger partial charge in [0.05, 0.1) is 19.4 Å². The highest BCUT2D eigenvalue weighted by atomic mass is 32.2. The summed E-state index contributed by atoms with van der Waals surface area (Å²) in [7, 11) is -0.822. The van der Waals surface area contributed by atoms with Gasteiger partial charge in [0.2, 0.25) is 21.8 Å². The van der Waals surface area contributed by atoms with E-state index in [0.717, 1.165) is 10.6 Å². The number of ether oxygens (including phenoxy) is 1. The molecule has 10 heteroatoms. The first kappa shape index (κ1) is 25.4. The molecule has 1 N–H and O–H groups in total. The molecule has 0 saturated carbocycles. The first-order chi connectivity index (χ1) is 15.1. The number of carbonyl (C=O) groups excluding carboxylic acids is 2. The van der Waals surface area contributed by atoms with Crippen molar-refractivity contribution in [3.63, 3.8) is 0 Å². The minimum atomic E-state index is -3.62. The zero-order chi connectivity index (χ0) is 23.7. The minimum Gasteiger partial charge on any atom is -0.383 e.